The molecule has 0 aromatic heterocycles. The number of hydrogen-bond donors (Lipinski definition) is 1. The second-order valence-electron chi connectivity index (χ2n) is 5.24. The van der Waals surface area contributed by atoms with E-state index in [1.165, 1.54) is 32.5 Å². The Morgan fingerprint density at radius 2 is 2.33 bits per heavy atom. The van der Waals surface area contributed by atoms with Gasteiger partial charge in [0.2, 0.25) is 0 Å². The Morgan fingerprint density at radius 1 is 1.47 bits per heavy atom. The fraction of sp³-hybridized carbons (Fsp3) is 1.00. The molecule has 2 heterocycles. The maximum Gasteiger partial charge on any atom is 0.0509 e. The molecular formula is C12H24N2O. The third-order valence-electron chi connectivity index (χ3n) is 3.89. The van der Waals surface area contributed by atoms with E-state index in [1.807, 2.05) is 0 Å². The van der Waals surface area contributed by atoms with Crippen molar-refractivity contribution in [2.45, 2.75) is 25.8 Å². The largest absolute Gasteiger partial charge is 0.381 e. The first-order chi connectivity index (χ1) is 7.25. The van der Waals surface area contributed by atoms with Crippen LogP contribution < -0.4 is 5.32 Å². The molecule has 0 aliphatic carbocycles. The highest BCUT2D eigenvalue weighted by molar-refractivity contribution is 4.80. The SMILES string of the molecule is CC(NCC1CCN(C)C1)C1CCOC1. The van der Waals surface area contributed by atoms with Crippen LogP contribution >= 0.6 is 0 Å². The monoisotopic (exact) mass is 212 g/mol. The summed E-state index contributed by atoms with van der Waals surface area (Å²) in [6, 6.07) is 0.624. The van der Waals surface area contributed by atoms with Crippen molar-refractivity contribution in [1.82, 2.24) is 10.2 Å². The first kappa shape index (κ1) is 11.4. The maximum absolute atomic E-state index is 5.42. The van der Waals surface area contributed by atoms with Crippen LogP contribution in [0.2, 0.25) is 0 Å². The van der Waals surface area contributed by atoms with Gasteiger partial charge in [0.05, 0.1) is 6.61 Å². The highest BCUT2D eigenvalue weighted by atomic mass is 16.5. The van der Waals surface area contributed by atoms with Gasteiger partial charge in [-0.05, 0) is 51.7 Å². The summed E-state index contributed by atoms with van der Waals surface area (Å²) < 4.78 is 5.42. The molecule has 2 saturated heterocycles. The van der Waals surface area contributed by atoms with Crippen LogP contribution in [0.5, 0.6) is 0 Å². The van der Waals surface area contributed by atoms with Crippen LogP contribution in [0.3, 0.4) is 0 Å². The fourth-order valence-corrected chi connectivity index (χ4v) is 2.66. The normalized spacial score (nSPS) is 34.8. The predicted molar refractivity (Wildman–Crippen MR) is 62.0 cm³/mol. The number of ether oxygens (including phenoxy) is 1. The van der Waals surface area contributed by atoms with Gasteiger partial charge in [-0.3, -0.25) is 0 Å². The van der Waals surface area contributed by atoms with Gasteiger partial charge in [-0.25, -0.2) is 0 Å². The Bertz CT molecular complexity index is 192. The molecule has 0 aromatic rings. The molecule has 0 amide bonds. The van der Waals surface area contributed by atoms with Crippen LogP contribution in [0.1, 0.15) is 19.8 Å². The smallest absolute Gasteiger partial charge is 0.0509 e. The van der Waals surface area contributed by atoms with Gasteiger partial charge in [0.25, 0.3) is 0 Å². The second kappa shape index (κ2) is 5.28. The molecule has 3 atom stereocenters. The molecular weight excluding hydrogens is 188 g/mol. The van der Waals surface area contributed by atoms with Gasteiger partial charge in [0.15, 0.2) is 0 Å². The lowest BCUT2D eigenvalue weighted by molar-refractivity contribution is 0.177. The Labute approximate surface area is 93.2 Å². The van der Waals surface area contributed by atoms with E-state index in [2.05, 4.69) is 24.2 Å². The van der Waals surface area contributed by atoms with Crippen molar-refractivity contribution < 1.29 is 4.74 Å². The van der Waals surface area contributed by atoms with Gasteiger partial charge >= 0.3 is 0 Å². The van der Waals surface area contributed by atoms with E-state index < -0.39 is 0 Å². The topological polar surface area (TPSA) is 24.5 Å². The van der Waals surface area contributed by atoms with Crippen LogP contribution in [0.25, 0.3) is 0 Å². The third kappa shape index (κ3) is 3.16. The summed E-state index contributed by atoms with van der Waals surface area (Å²) in [6.45, 7) is 7.94. The Balaban J connectivity index is 1.64. The molecule has 0 radical (unpaired) electrons. The van der Waals surface area contributed by atoms with Gasteiger partial charge in [-0.1, -0.05) is 0 Å². The van der Waals surface area contributed by atoms with Crippen molar-refractivity contribution >= 4 is 0 Å². The first-order valence-electron chi connectivity index (χ1n) is 6.25. The minimum atomic E-state index is 0.624. The zero-order valence-electron chi connectivity index (χ0n) is 10.0. The highest BCUT2D eigenvalue weighted by Gasteiger charge is 2.24. The quantitative estimate of drug-likeness (QED) is 0.751. The zero-order valence-corrected chi connectivity index (χ0v) is 10.0. The fourth-order valence-electron chi connectivity index (χ4n) is 2.66. The summed E-state index contributed by atoms with van der Waals surface area (Å²) in [7, 11) is 2.22. The molecule has 2 fully saturated rings. The molecule has 2 aliphatic heterocycles. The summed E-state index contributed by atoms with van der Waals surface area (Å²) >= 11 is 0. The molecule has 3 heteroatoms. The second-order valence-corrected chi connectivity index (χ2v) is 5.24. The van der Waals surface area contributed by atoms with E-state index in [0.717, 1.165) is 25.0 Å². The third-order valence-corrected chi connectivity index (χ3v) is 3.89. The molecule has 3 unspecified atom stereocenters. The predicted octanol–water partition coefficient (Wildman–Crippen LogP) is 0.953. The van der Waals surface area contributed by atoms with Crippen molar-refractivity contribution in [1.29, 1.82) is 0 Å². The average molecular weight is 212 g/mol. The van der Waals surface area contributed by atoms with Gasteiger partial charge in [0, 0.05) is 19.2 Å². The van der Waals surface area contributed by atoms with Gasteiger partial charge in [-0.15, -0.1) is 0 Å². The van der Waals surface area contributed by atoms with Gasteiger partial charge < -0.3 is 15.0 Å². The van der Waals surface area contributed by atoms with Crippen molar-refractivity contribution in [3.63, 3.8) is 0 Å². The number of hydrogen-bond acceptors (Lipinski definition) is 3. The van der Waals surface area contributed by atoms with Crippen LogP contribution in [0, 0.1) is 11.8 Å². The molecule has 0 spiro atoms. The Hall–Kier alpha value is -0.120. The summed E-state index contributed by atoms with van der Waals surface area (Å²) in [6.07, 6.45) is 2.59. The lowest BCUT2D eigenvalue weighted by atomic mass is 10.00. The molecule has 0 saturated carbocycles. The molecule has 2 rings (SSSR count). The molecule has 3 nitrogen and oxygen atoms in total. The van der Waals surface area contributed by atoms with E-state index in [1.54, 1.807) is 0 Å². The van der Waals surface area contributed by atoms with Crippen LogP contribution in [0.15, 0.2) is 0 Å². The maximum atomic E-state index is 5.42. The highest BCUT2D eigenvalue weighted by Crippen LogP contribution is 2.18. The Morgan fingerprint density at radius 3 is 2.93 bits per heavy atom. The van der Waals surface area contributed by atoms with Crippen molar-refractivity contribution in [2.75, 3.05) is 39.9 Å². The zero-order chi connectivity index (χ0) is 10.7. The van der Waals surface area contributed by atoms with Gasteiger partial charge in [-0.2, -0.15) is 0 Å². The van der Waals surface area contributed by atoms with E-state index in [-0.39, 0.29) is 0 Å². The lowest BCUT2D eigenvalue weighted by Crippen LogP contribution is -2.37. The lowest BCUT2D eigenvalue weighted by Gasteiger charge is -2.21. The molecule has 88 valence electrons. The minimum Gasteiger partial charge on any atom is -0.381 e. The first-order valence-corrected chi connectivity index (χ1v) is 6.25. The van der Waals surface area contributed by atoms with E-state index in [4.69, 9.17) is 4.74 Å². The number of nitrogens with zero attached hydrogens (tertiary/aromatic N) is 1. The molecule has 0 aromatic carbocycles. The van der Waals surface area contributed by atoms with Crippen LogP contribution in [-0.2, 0) is 4.74 Å². The van der Waals surface area contributed by atoms with E-state index in [0.29, 0.717) is 6.04 Å². The minimum absolute atomic E-state index is 0.624. The van der Waals surface area contributed by atoms with Crippen LogP contribution in [0.4, 0.5) is 0 Å². The summed E-state index contributed by atoms with van der Waals surface area (Å²) in [4.78, 5) is 2.43. The van der Waals surface area contributed by atoms with Gasteiger partial charge in [0.1, 0.15) is 0 Å². The molecule has 0 bridgehead atoms. The van der Waals surface area contributed by atoms with Crippen molar-refractivity contribution in [3.8, 4) is 0 Å². The summed E-state index contributed by atoms with van der Waals surface area (Å²) in [5, 5.41) is 3.68. The van der Waals surface area contributed by atoms with E-state index in [9.17, 15) is 0 Å². The average Bonchev–Trinajstić information content (AvgIpc) is 2.84. The van der Waals surface area contributed by atoms with Crippen molar-refractivity contribution in [2.24, 2.45) is 11.8 Å². The number of rotatable bonds is 4. The summed E-state index contributed by atoms with van der Waals surface area (Å²) in [5.74, 6) is 1.60. The molecule has 2 aliphatic rings. The van der Waals surface area contributed by atoms with Crippen molar-refractivity contribution in [3.05, 3.63) is 0 Å². The van der Waals surface area contributed by atoms with Crippen LogP contribution in [-0.4, -0.2) is 50.8 Å². The standard InChI is InChI=1S/C12H24N2O/c1-10(12-4-6-15-9-12)13-7-11-3-5-14(2)8-11/h10-13H,3-9H2,1-2H3. The number of likely N-dealkylation sites (tertiary alicyclic amines) is 1. The Kier molecular flexibility index (Phi) is 4.00. The molecule has 15 heavy (non-hydrogen) atoms. The number of nitrogens with one attached hydrogen (secondary N) is 1. The summed E-state index contributed by atoms with van der Waals surface area (Å²) in [5.41, 5.74) is 0. The molecule has 1 N–H and O–H groups in total. The van der Waals surface area contributed by atoms with E-state index >= 15 is 0 Å².